The quantitative estimate of drug-likeness (QED) is 0.909. The third-order valence-electron chi connectivity index (χ3n) is 4.39. The number of ether oxygens (including phenoxy) is 2. The average Bonchev–Trinajstić information content (AvgIpc) is 3.06. The van der Waals surface area contributed by atoms with Gasteiger partial charge in [-0.3, -0.25) is 4.79 Å². The molecule has 0 bridgehead atoms. The fourth-order valence-corrected chi connectivity index (χ4v) is 3.31. The number of benzene rings is 1. The van der Waals surface area contributed by atoms with Crippen molar-refractivity contribution in [3.8, 4) is 11.5 Å². The lowest BCUT2D eigenvalue weighted by atomic mass is 9.78. The Balaban J connectivity index is 2.12. The van der Waals surface area contributed by atoms with Crippen molar-refractivity contribution in [2.75, 3.05) is 13.7 Å². The van der Waals surface area contributed by atoms with E-state index in [-0.39, 0.29) is 0 Å². The number of methoxy groups -OCH3 is 1. The molecule has 4 heteroatoms. The van der Waals surface area contributed by atoms with Gasteiger partial charge in [-0.2, -0.15) is 0 Å². The second-order valence-electron chi connectivity index (χ2n) is 5.36. The number of aliphatic carboxylic acids is 1. The molecule has 0 saturated heterocycles. The standard InChI is InChI=1S/C15H18O4/c1-18-12-9-11(8-10-4-7-19-13(10)12)15(14(16)17)5-2-3-6-15/h8-9H,2-7H2,1H3,(H,16,17). The molecule has 102 valence electrons. The van der Waals surface area contributed by atoms with Gasteiger partial charge >= 0.3 is 5.97 Å². The Labute approximate surface area is 112 Å². The summed E-state index contributed by atoms with van der Waals surface area (Å²) in [6.45, 7) is 0.648. The van der Waals surface area contributed by atoms with Gasteiger partial charge in [-0.1, -0.05) is 18.9 Å². The molecular weight excluding hydrogens is 244 g/mol. The van der Waals surface area contributed by atoms with E-state index in [1.807, 2.05) is 12.1 Å². The molecule has 1 aromatic carbocycles. The molecule has 0 spiro atoms. The van der Waals surface area contributed by atoms with E-state index in [2.05, 4.69) is 0 Å². The minimum absolute atomic E-state index is 0.648. The molecule has 1 heterocycles. The van der Waals surface area contributed by atoms with Crippen LogP contribution in [-0.2, 0) is 16.6 Å². The maximum atomic E-state index is 11.8. The number of fused-ring (bicyclic) bond motifs is 1. The Morgan fingerprint density at radius 1 is 1.37 bits per heavy atom. The van der Waals surface area contributed by atoms with Gasteiger partial charge in [-0.15, -0.1) is 0 Å². The predicted octanol–water partition coefficient (Wildman–Crippen LogP) is 2.53. The average molecular weight is 262 g/mol. The first-order chi connectivity index (χ1) is 9.17. The first kappa shape index (κ1) is 12.3. The Morgan fingerprint density at radius 3 is 2.74 bits per heavy atom. The van der Waals surface area contributed by atoms with Crippen molar-refractivity contribution in [1.82, 2.24) is 0 Å². The molecule has 0 radical (unpaired) electrons. The molecule has 0 unspecified atom stereocenters. The number of carbonyl (C=O) groups is 1. The molecule has 3 rings (SSSR count). The lowest BCUT2D eigenvalue weighted by Gasteiger charge is -2.25. The van der Waals surface area contributed by atoms with Gasteiger partial charge in [0.05, 0.1) is 19.1 Å². The van der Waals surface area contributed by atoms with Crippen LogP contribution in [0.4, 0.5) is 0 Å². The van der Waals surface area contributed by atoms with E-state index < -0.39 is 11.4 Å². The first-order valence-corrected chi connectivity index (χ1v) is 6.75. The summed E-state index contributed by atoms with van der Waals surface area (Å²) in [7, 11) is 1.60. The fraction of sp³-hybridized carbons (Fsp3) is 0.533. The zero-order valence-electron chi connectivity index (χ0n) is 11.1. The molecule has 1 aliphatic heterocycles. The number of rotatable bonds is 3. The molecule has 0 aromatic heterocycles. The molecule has 0 amide bonds. The van der Waals surface area contributed by atoms with Crippen molar-refractivity contribution in [3.63, 3.8) is 0 Å². The van der Waals surface area contributed by atoms with Crippen LogP contribution in [0, 0.1) is 0 Å². The zero-order chi connectivity index (χ0) is 13.5. The van der Waals surface area contributed by atoms with Gasteiger partial charge in [0, 0.05) is 12.0 Å². The minimum atomic E-state index is -0.731. The third-order valence-corrected chi connectivity index (χ3v) is 4.39. The fourth-order valence-electron chi connectivity index (χ4n) is 3.31. The second-order valence-corrected chi connectivity index (χ2v) is 5.36. The van der Waals surface area contributed by atoms with Gasteiger partial charge in [0.1, 0.15) is 0 Å². The van der Waals surface area contributed by atoms with Crippen LogP contribution < -0.4 is 9.47 Å². The molecule has 0 atom stereocenters. The van der Waals surface area contributed by atoms with Crippen LogP contribution in [0.1, 0.15) is 36.8 Å². The number of hydrogen-bond acceptors (Lipinski definition) is 3. The number of carboxylic acid groups (broad SMARTS) is 1. The van der Waals surface area contributed by atoms with Crippen molar-refractivity contribution in [2.45, 2.75) is 37.5 Å². The van der Waals surface area contributed by atoms with Crippen molar-refractivity contribution < 1.29 is 19.4 Å². The third kappa shape index (κ3) is 1.78. The summed E-state index contributed by atoms with van der Waals surface area (Å²) in [5.74, 6) is 0.730. The SMILES string of the molecule is COc1cc(C2(C(=O)O)CCCC2)cc2c1OCC2. The van der Waals surface area contributed by atoms with Crippen molar-refractivity contribution in [1.29, 1.82) is 0 Å². The number of carboxylic acids is 1. The van der Waals surface area contributed by atoms with Crippen LogP contribution in [0.3, 0.4) is 0 Å². The Kier molecular flexibility index (Phi) is 2.88. The van der Waals surface area contributed by atoms with E-state index in [9.17, 15) is 9.90 Å². The molecule has 1 saturated carbocycles. The highest BCUT2D eigenvalue weighted by atomic mass is 16.5. The van der Waals surface area contributed by atoms with Gasteiger partial charge < -0.3 is 14.6 Å². The van der Waals surface area contributed by atoms with Gasteiger partial charge in [-0.05, 0) is 24.5 Å². The topological polar surface area (TPSA) is 55.8 Å². The van der Waals surface area contributed by atoms with E-state index in [0.29, 0.717) is 25.2 Å². The van der Waals surface area contributed by atoms with Crippen LogP contribution in [0.15, 0.2) is 12.1 Å². The summed E-state index contributed by atoms with van der Waals surface area (Å²) in [6, 6.07) is 3.86. The zero-order valence-corrected chi connectivity index (χ0v) is 11.1. The van der Waals surface area contributed by atoms with Crippen LogP contribution in [0.5, 0.6) is 11.5 Å². The van der Waals surface area contributed by atoms with Gasteiger partial charge in [-0.25, -0.2) is 0 Å². The van der Waals surface area contributed by atoms with Crippen LogP contribution >= 0.6 is 0 Å². The van der Waals surface area contributed by atoms with E-state index >= 15 is 0 Å². The molecule has 1 aliphatic carbocycles. The highest BCUT2D eigenvalue weighted by molar-refractivity contribution is 5.82. The highest BCUT2D eigenvalue weighted by Crippen LogP contribution is 2.46. The van der Waals surface area contributed by atoms with Crippen molar-refractivity contribution >= 4 is 5.97 Å². The van der Waals surface area contributed by atoms with Crippen molar-refractivity contribution in [3.05, 3.63) is 23.3 Å². The summed E-state index contributed by atoms with van der Waals surface area (Å²) in [4.78, 5) is 11.8. The van der Waals surface area contributed by atoms with Crippen molar-refractivity contribution in [2.24, 2.45) is 0 Å². The normalized spacial score (nSPS) is 19.8. The van der Waals surface area contributed by atoms with Gasteiger partial charge in [0.15, 0.2) is 11.5 Å². The largest absolute Gasteiger partial charge is 0.493 e. The molecule has 1 aromatic rings. The van der Waals surface area contributed by atoms with Crippen LogP contribution in [0.25, 0.3) is 0 Å². The van der Waals surface area contributed by atoms with Gasteiger partial charge in [0.2, 0.25) is 0 Å². The van der Waals surface area contributed by atoms with E-state index in [1.165, 1.54) is 0 Å². The highest BCUT2D eigenvalue weighted by Gasteiger charge is 2.43. The molecular formula is C15H18O4. The maximum absolute atomic E-state index is 11.8. The van der Waals surface area contributed by atoms with Crippen LogP contribution in [-0.4, -0.2) is 24.8 Å². The summed E-state index contributed by atoms with van der Waals surface area (Å²) in [5.41, 5.74) is 1.21. The maximum Gasteiger partial charge on any atom is 0.314 e. The van der Waals surface area contributed by atoms with E-state index in [1.54, 1.807) is 7.11 Å². The first-order valence-electron chi connectivity index (χ1n) is 6.75. The molecule has 1 fully saturated rings. The van der Waals surface area contributed by atoms with Gasteiger partial charge in [0.25, 0.3) is 0 Å². The summed E-state index contributed by atoms with van der Waals surface area (Å²) < 4.78 is 10.9. The second kappa shape index (κ2) is 4.44. The Morgan fingerprint density at radius 2 is 2.11 bits per heavy atom. The van der Waals surface area contributed by atoms with E-state index in [0.717, 1.165) is 36.1 Å². The predicted molar refractivity (Wildman–Crippen MR) is 70.0 cm³/mol. The minimum Gasteiger partial charge on any atom is -0.493 e. The summed E-state index contributed by atoms with van der Waals surface area (Å²) in [5, 5.41) is 9.66. The molecule has 19 heavy (non-hydrogen) atoms. The lowest BCUT2D eigenvalue weighted by Crippen LogP contribution is -2.32. The Bertz CT molecular complexity index is 515. The molecule has 4 nitrogen and oxygen atoms in total. The summed E-state index contributed by atoms with van der Waals surface area (Å²) >= 11 is 0. The number of hydrogen-bond donors (Lipinski definition) is 1. The Hall–Kier alpha value is -1.71. The van der Waals surface area contributed by atoms with E-state index in [4.69, 9.17) is 9.47 Å². The van der Waals surface area contributed by atoms with Crippen LogP contribution in [0.2, 0.25) is 0 Å². The monoisotopic (exact) mass is 262 g/mol. The smallest absolute Gasteiger partial charge is 0.314 e. The molecule has 2 aliphatic rings. The lowest BCUT2D eigenvalue weighted by molar-refractivity contribution is -0.143. The molecule has 1 N–H and O–H groups in total. The summed E-state index contributed by atoms with van der Waals surface area (Å²) in [6.07, 6.45) is 4.20.